The molecule has 30 heavy (non-hydrogen) atoms. The SMILES string of the molecule is O=C(Cn1cnc2cccc(-c3ccc(Cl)cc3)c2c1=O)N1CCCC1C(F)(F)F. The first-order valence-electron chi connectivity index (χ1n) is 9.36. The molecule has 5 nitrogen and oxygen atoms in total. The second kappa shape index (κ2) is 7.75. The Kier molecular flexibility index (Phi) is 5.27. The molecule has 0 N–H and O–H groups in total. The Morgan fingerprint density at radius 2 is 1.90 bits per heavy atom. The van der Waals surface area contributed by atoms with E-state index in [0.29, 0.717) is 21.5 Å². The number of amides is 1. The summed E-state index contributed by atoms with van der Waals surface area (Å²) in [6.07, 6.45) is -3.13. The van der Waals surface area contributed by atoms with Gasteiger partial charge in [0.1, 0.15) is 12.6 Å². The van der Waals surface area contributed by atoms with Crippen LogP contribution in [0.2, 0.25) is 5.02 Å². The van der Waals surface area contributed by atoms with Crippen molar-refractivity contribution in [3.63, 3.8) is 0 Å². The molecule has 9 heteroatoms. The molecule has 1 unspecified atom stereocenters. The minimum absolute atomic E-state index is 0.0226. The summed E-state index contributed by atoms with van der Waals surface area (Å²) < 4.78 is 40.6. The molecular weight excluding hydrogens is 419 g/mol. The summed E-state index contributed by atoms with van der Waals surface area (Å²) in [7, 11) is 0. The molecule has 4 rings (SSSR count). The predicted octanol–water partition coefficient (Wildman–Crippen LogP) is 4.27. The molecule has 1 fully saturated rings. The lowest BCUT2D eigenvalue weighted by atomic mass is 10.0. The fourth-order valence-corrected chi connectivity index (χ4v) is 3.95. The van der Waals surface area contributed by atoms with Gasteiger partial charge in [-0.1, -0.05) is 35.9 Å². The van der Waals surface area contributed by atoms with Crippen molar-refractivity contribution in [1.29, 1.82) is 0 Å². The topological polar surface area (TPSA) is 55.2 Å². The maximum absolute atomic E-state index is 13.2. The van der Waals surface area contributed by atoms with Gasteiger partial charge in [0.25, 0.3) is 5.56 Å². The smallest absolute Gasteiger partial charge is 0.329 e. The second-order valence-electron chi connectivity index (χ2n) is 7.17. The summed E-state index contributed by atoms with van der Waals surface area (Å²) in [5, 5.41) is 0.842. The third kappa shape index (κ3) is 3.79. The fourth-order valence-electron chi connectivity index (χ4n) is 3.83. The lowest BCUT2D eigenvalue weighted by Crippen LogP contribution is -2.46. The number of halogens is 4. The molecule has 1 atom stereocenters. The molecule has 156 valence electrons. The standard InChI is InChI=1S/C21H17ClF3N3O2/c22-14-8-6-13(7-9-14)15-3-1-4-16-19(15)20(30)27(12-26-16)11-18(29)28-10-2-5-17(28)21(23,24)25/h1,3-4,6-9,12,17H,2,5,10-11H2. The molecule has 2 aromatic carbocycles. The van der Waals surface area contributed by atoms with Crippen molar-refractivity contribution in [2.24, 2.45) is 0 Å². The first-order valence-corrected chi connectivity index (χ1v) is 9.74. The summed E-state index contributed by atoms with van der Waals surface area (Å²) >= 11 is 5.94. The predicted molar refractivity (Wildman–Crippen MR) is 107 cm³/mol. The van der Waals surface area contributed by atoms with Gasteiger partial charge in [0.05, 0.1) is 17.2 Å². The molecule has 1 aliphatic rings. The Morgan fingerprint density at radius 1 is 1.17 bits per heavy atom. The van der Waals surface area contributed by atoms with Crippen molar-refractivity contribution in [2.45, 2.75) is 31.6 Å². The van der Waals surface area contributed by atoms with Gasteiger partial charge < -0.3 is 4.90 Å². The highest BCUT2D eigenvalue weighted by molar-refractivity contribution is 6.30. The maximum atomic E-state index is 13.2. The summed E-state index contributed by atoms with van der Waals surface area (Å²) in [5.74, 6) is -0.748. The van der Waals surface area contributed by atoms with Crippen LogP contribution in [0.3, 0.4) is 0 Å². The summed E-state index contributed by atoms with van der Waals surface area (Å²) in [6.45, 7) is -0.474. The van der Waals surface area contributed by atoms with Crippen molar-refractivity contribution >= 4 is 28.4 Å². The number of nitrogens with zero attached hydrogens (tertiary/aromatic N) is 3. The highest BCUT2D eigenvalue weighted by Gasteiger charge is 2.47. The number of hydrogen-bond donors (Lipinski definition) is 0. The van der Waals surface area contributed by atoms with Gasteiger partial charge in [-0.05, 0) is 42.2 Å². The fraction of sp³-hybridized carbons (Fsp3) is 0.286. The van der Waals surface area contributed by atoms with Crippen LogP contribution in [-0.4, -0.2) is 39.1 Å². The summed E-state index contributed by atoms with van der Waals surface area (Å²) in [4.78, 5) is 30.7. The Labute approximate surface area is 174 Å². The van der Waals surface area contributed by atoms with Crippen molar-refractivity contribution in [1.82, 2.24) is 14.5 Å². The number of benzene rings is 2. The van der Waals surface area contributed by atoms with Crippen LogP contribution in [-0.2, 0) is 11.3 Å². The van der Waals surface area contributed by atoms with E-state index in [2.05, 4.69) is 4.98 Å². The number of carbonyl (C=O) groups excluding carboxylic acids is 1. The average Bonchev–Trinajstić information content (AvgIpc) is 3.21. The Morgan fingerprint density at radius 3 is 2.60 bits per heavy atom. The van der Waals surface area contributed by atoms with Crippen LogP contribution < -0.4 is 5.56 Å². The highest BCUT2D eigenvalue weighted by atomic mass is 35.5. The number of hydrogen-bond acceptors (Lipinski definition) is 3. The van der Waals surface area contributed by atoms with Gasteiger partial charge >= 0.3 is 6.18 Å². The molecule has 0 radical (unpaired) electrons. The molecule has 0 bridgehead atoms. The Balaban J connectivity index is 1.72. The number of likely N-dealkylation sites (tertiary alicyclic amines) is 1. The van der Waals surface area contributed by atoms with Gasteiger partial charge in [-0.2, -0.15) is 13.2 Å². The van der Waals surface area contributed by atoms with E-state index >= 15 is 0 Å². The second-order valence-corrected chi connectivity index (χ2v) is 7.61. The van der Waals surface area contributed by atoms with Gasteiger partial charge in [-0.15, -0.1) is 0 Å². The monoisotopic (exact) mass is 435 g/mol. The van der Waals surface area contributed by atoms with Crippen molar-refractivity contribution in [2.75, 3.05) is 6.54 Å². The minimum atomic E-state index is -4.49. The molecule has 3 aromatic rings. The maximum Gasteiger partial charge on any atom is 0.408 e. The zero-order valence-corrected chi connectivity index (χ0v) is 16.5. The third-order valence-corrected chi connectivity index (χ3v) is 5.52. The van der Waals surface area contributed by atoms with Crippen LogP contribution >= 0.6 is 11.6 Å². The van der Waals surface area contributed by atoms with Gasteiger partial charge in [0, 0.05) is 11.6 Å². The molecule has 1 aliphatic heterocycles. The van der Waals surface area contributed by atoms with E-state index in [1.54, 1.807) is 42.5 Å². The van der Waals surface area contributed by atoms with Crippen LogP contribution in [0, 0.1) is 0 Å². The van der Waals surface area contributed by atoms with E-state index in [1.807, 2.05) is 0 Å². The lowest BCUT2D eigenvalue weighted by Gasteiger charge is -2.26. The van der Waals surface area contributed by atoms with Gasteiger partial charge in [-0.25, -0.2) is 4.98 Å². The molecule has 0 saturated carbocycles. The molecule has 1 saturated heterocycles. The lowest BCUT2D eigenvalue weighted by molar-refractivity contribution is -0.183. The third-order valence-electron chi connectivity index (χ3n) is 5.27. The Bertz CT molecular complexity index is 1160. The van der Waals surface area contributed by atoms with E-state index in [1.165, 1.54) is 6.33 Å². The first kappa shape index (κ1) is 20.4. The molecular formula is C21H17ClF3N3O2. The average molecular weight is 436 g/mol. The molecule has 2 heterocycles. The van der Waals surface area contributed by atoms with E-state index < -0.39 is 30.2 Å². The number of fused-ring (bicyclic) bond motifs is 1. The van der Waals surface area contributed by atoms with E-state index in [0.717, 1.165) is 15.0 Å². The van der Waals surface area contributed by atoms with Crippen LogP contribution in [0.4, 0.5) is 13.2 Å². The van der Waals surface area contributed by atoms with Crippen LogP contribution in [0.25, 0.3) is 22.0 Å². The number of rotatable bonds is 3. The zero-order valence-electron chi connectivity index (χ0n) is 15.7. The quantitative estimate of drug-likeness (QED) is 0.617. The summed E-state index contributed by atoms with van der Waals surface area (Å²) in [5.41, 5.74) is 1.30. The minimum Gasteiger partial charge on any atom is -0.329 e. The largest absolute Gasteiger partial charge is 0.408 e. The number of carbonyl (C=O) groups is 1. The van der Waals surface area contributed by atoms with Gasteiger partial charge in [0.15, 0.2) is 0 Å². The van der Waals surface area contributed by atoms with Crippen LogP contribution in [0.1, 0.15) is 12.8 Å². The molecule has 1 aromatic heterocycles. The van der Waals surface area contributed by atoms with Crippen molar-refractivity contribution < 1.29 is 18.0 Å². The molecule has 0 spiro atoms. The highest BCUT2D eigenvalue weighted by Crippen LogP contribution is 2.33. The van der Waals surface area contributed by atoms with Crippen LogP contribution in [0.5, 0.6) is 0 Å². The van der Waals surface area contributed by atoms with E-state index in [4.69, 9.17) is 11.6 Å². The Hall–Kier alpha value is -2.87. The van der Waals surface area contributed by atoms with Gasteiger partial charge in [0.2, 0.25) is 5.91 Å². The first-order chi connectivity index (χ1) is 14.3. The molecule has 1 amide bonds. The number of alkyl halides is 3. The van der Waals surface area contributed by atoms with Crippen molar-refractivity contribution in [3.05, 3.63) is 64.2 Å². The normalized spacial score (nSPS) is 16.9. The van der Waals surface area contributed by atoms with E-state index in [9.17, 15) is 22.8 Å². The van der Waals surface area contributed by atoms with Crippen molar-refractivity contribution in [3.8, 4) is 11.1 Å². The molecule has 0 aliphatic carbocycles. The van der Waals surface area contributed by atoms with Gasteiger partial charge in [-0.3, -0.25) is 14.2 Å². The van der Waals surface area contributed by atoms with Crippen LogP contribution in [0.15, 0.2) is 53.6 Å². The zero-order chi connectivity index (χ0) is 21.5. The number of aromatic nitrogens is 2. The summed E-state index contributed by atoms with van der Waals surface area (Å²) in [6, 6.07) is 10.3. The van der Waals surface area contributed by atoms with E-state index in [-0.39, 0.29) is 19.4 Å².